The molecule has 4 heterocycles. The second kappa shape index (κ2) is 36.8. The Hall–Kier alpha value is -5.98. The van der Waals surface area contributed by atoms with Crippen molar-refractivity contribution in [3.63, 3.8) is 0 Å². The first kappa shape index (κ1) is 75.5. The van der Waals surface area contributed by atoms with Crippen LogP contribution in [0.1, 0.15) is 102 Å². The van der Waals surface area contributed by atoms with Crippen molar-refractivity contribution in [3.05, 3.63) is 0 Å². The first-order valence-corrected chi connectivity index (χ1v) is 30.5. The fourth-order valence-electron chi connectivity index (χ4n) is 10.0. The van der Waals surface area contributed by atoms with Gasteiger partial charge in [0.15, 0.2) is 80.1 Å². The summed E-state index contributed by atoms with van der Waals surface area (Å²) >= 11 is 2.67. The SMILES string of the molecule is CO[C@@H]1O[C@H](COC(C)=O)[C@H](O[C@@H]2O[C@H](CSCCCCCSC[C@H]3O[C@@H](O[C@@H]4[C@H](OC(C)=O)[C@@H](OC(C)=O)[C@H](OC)O[C@@H]4COC(C)=O)[C@H](OC(C)=O)[C@@H](OC(C)=O)[C@H]3OC(C)=O)[C@H](OC(C)=O)[C@H](OC(C)=O)[C@H]2OC(C)=O)[C@H](OC(C)=O)[C@H]1NC(C)=O. The Bertz CT molecular complexity index is 2290. The zero-order chi connectivity index (χ0) is 66.4. The van der Waals surface area contributed by atoms with Gasteiger partial charge in [0.25, 0.3) is 0 Å². The average molecular weight is 1320 g/mol. The predicted molar refractivity (Wildman–Crippen MR) is 298 cm³/mol. The Morgan fingerprint density at radius 3 is 0.955 bits per heavy atom. The molecule has 0 radical (unpaired) electrons. The molecule has 504 valence electrons. The van der Waals surface area contributed by atoms with Crippen LogP contribution < -0.4 is 5.32 Å². The minimum Gasteiger partial charge on any atom is -0.463 e. The number of unbranched alkanes of at least 4 members (excludes halogenated alkanes) is 2. The average Bonchev–Trinajstić information content (AvgIpc) is 0.844. The third-order valence-corrected chi connectivity index (χ3v) is 15.4. The van der Waals surface area contributed by atoms with Gasteiger partial charge in [-0.15, -0.1) is 0 Å². The maximum atomic E-state index is 12.8. The predicted octanol–water partition coefficient (Wildman–Crippen LogP) is 0.602. The van der Waals surface area contributed by atoms with Crippen LogP contribution in [0.15, 0.2) is 0 Å². The molecule has 4 saturated heterocycles. The molecule has 1 N–H and O–H groups in total. The van der Waals surface area contributed by atoms with Crippen molar-refractivity contribution in [1.29, 1.82) is 0 Å². The van der Waals surface area contributed by atoms with Gasteiger partial charge in [-0.2, -0.15) is 23.5 Å². The van der Waals surface area contributed by atoms with Gasteiger partial charge in [0, 0.05) is 109 Å². The zero-order valence-corrected chi connectivity index (χ0v) is 53.5. The summed E-state index contributed by atoms with van der Waals surface area (Å²) in [7, 11) is 2.47. The molecule has 0 aromatic rings. The summed E-state index contributed by atoms with van der Waals surface area (Å²) in [6.07, 6.45) is -26.3. The van der Waals surface area contributed by atoms with Crippen molar-refractivity contribution in [2.45, 2.75) is 225 Å². The molecule has 0 bridgehead atoms. The lowest BCUT2D eigenvalue weighted by Crippen LogP contribution is -2.69. The minimum atomic E-state index is -1.75. The molecule has 0 saturated carbocycles. The normalized spacial score (nSPS) is 31.6. The Balaban J connectivity index is 1.58. The number of esters is 11. The molecule has 20 atom stereocenters. The van der Waals surface area contributed by atoms with E-state index in [0.29, 0.717) is 30.8 Å². The number of nitrogens with one attached hydrogen (secondary N) is 1. The maximum absolute atomic E-state index is 12.8. The van der Waals surface area contributed by atoms with Crippen molar-refractivity contribution >= 4 is 95.1 Å². The van der Waals surface area contributed by atoms with E-state index in [1.807, 2.05) is 0 Å². The molecule has 4 fully saturated rings. The maximum Gasteiger partial charge on any atom is 0.303 e. The van der Waals surface area contributed by atoms with Crippen molar-refractivity contribution in [2.75, 3.05) is 50.4 Å². The molecule has 0 aliphatic carbocycles. The molecule has 0 aromatic heterocycles. The van der Waals surface area contributed by atoms with E-state index in [1.54, 1.807) is 0 Å². The number of rotatable bonds is 30. The molecular weight excluding hydrogens is 1230 g/mol. The standard InChI is InChI=1S/C55H81NO31S2/c1-24(57)56-40-45(75-29(6)62)41(36(20-71-25(2)58)82-52(40)69-13)86-54-50(80-34(11)67)47(77-31(8)64)43(73-27(4)60)38(84-54)22-88-18-16-15-17-19-89-23-39-44(74-28(5)61)48(78-32(9)65)51(81-35(12)68)55(85-39)87-42-37(21-72-26(3)59)83-53(70-14)49(79-33(10)66)46(42)76-30(7)63/h36-55H,15-23H2,1-14H3,(H,56,57)/t36-,37-,38-,39-,40-,41+,42+,43+,44+,45-,46+,47+,48+,49-,50-,51-,52-,53-,54+,55+/m1/s1. The molecule has 4 rings (SSSR count). The van der Waals surface area contributed by atoms with Gasteiger partial charge in [0.05, 0.1) is 0 Å². The van der Waals surface area contributed by atoms with Crippen LogP contribution in [0.3, 0.4) is 0 Å². The van der Waals surface area contributed by atoms with E-state index in [-0.39, 0.29) is 11.5 Å². The van der Waals surface area contributed by atoms with E-state index in [2.05, 4.69) is 5.32 Å². The third-order valence-electron chi connectivity index (χ3n) is 13.1. The van der Waals surface area contributed by atoms with Gasteiger partial charge in [-0.1, -0.05) is 6.42 Å². The van der Waals surface area contributed by atoms with E-state index in [4.69, 9.17) is 90.0 Å². The molecule has 4 aliphatic rings. The number of thioether (sulfide) groups is 2. The third kappa shape index (κ3) is 24.0. The Kier molecular flexibility index (Phi) is 31.2. The van der Waals surface area contributed by atoms with Crippen LogP contribution in [-0.2, 0) is 148 Å². The Labute approximate surface area is 521 Å². The molecule has 1 amide bonds. The van der Waals surface area contributed by atoms with Gasteiger partial charge in [-0.3, -0.25) is 57.5 Å². The topological polar surface area (TPSA) is 392 Å². The molecular formula is C55H81NO31S2. The summed E-state index contributed by atoms with van der Waals surface area (Å²) < 4.78 is 111. The van der Waals surface area contributed by atoms with Gasteiger partial charge in [0.1, 0.15) is 55.9 Å². The highest BCUT2D eigenvalue weighted by Gasteiger charge is 2.59. The number of carbonyl (C=O) groups is 12. The number of amides is 1. The van der Waals surface area contributed by atoms with Crippen molar-refractivity contribution in [2.24, 2.45) is 0 Å². The fraction of sp³-hybridized carbons (Fsp3) is 0.782. The molecule has 0 aromatic carbocycles. The second-order valence-corrected chi connectivity index (χ2v) is 22.9. The van der Waals surface area contributed by atoms with Crippen LogP contribution >= 0.6 is 23.5 Å². The summed E-state index contributed by atoms with van der Waals surface area (Å²) in [4.78, 5) is 151. The number of hydrogen-bond donors (Lipinski definition) is 1. The molecule has 0 spiro atoms. The smallest absolute Gasteiger partial charge is 0.303 e. The zero-order valence-electron chi connectivity index (χ0n) is 51.9. The first-order chi connectivity index (χ1) is 41.9. The van der Waals surface area contributed by atoms with Gasteiger partial charge in [-0.05, 0) is 24.3 Å². The minimum absolute atomic E-state index is 0.0297. The highest BCUT2D eigenvalue weighted by atomic mass is 32.2. The number of ether oxygens (including phenoxy) is 19. The fourth-order valence-corrected chi connectivity index (χ4v) is 12.2. The van der Waals surface area contributed by atoms with E-state index in [9.17, 15) is 57.5 Å². The van der Waals surface area contributed by atoms with Crippen molar-refractivity contribution in [3.8, 4) is 0 Å². The quantitative estimate of drug-likeness (QED) is 0.0584. The van der Waals surface area contributed by atoms with Crippen LogP contribution in [0.2, 0.25) is 0 Å². The van der Waals surface area contributed by atoms with Gasteiger partial charge in [-0.25, -0.2) is 0 Å². The van der Waals surface area contributed by atoms with Gasteiger partial charge < -0.3 is 95.3 Å². The van der Waals surface area contributed by atoms with E-state index >= 15 is 0 Å². The Morgan fingerprint density at radius 2 is 0.618 bits per heavy atom. The second-order valence-electron chi connectivity index (χ2n) is 20.6. The van der Waals surface area contributed by atoms with E-state index < -0.39 is 208 Å². The number of methoxy groups -OCH3 is 2. The van der Waals surface area contributed by atoms with Crippen LogP contribution in [0.5, 0.6) is 0 Å². The van der Waals surface area contributed by atoms with Crippen LogP contribution in [-0.4, -0.2) is 245 Å². The lowest BCUT2D eigenvalue weighted by atomic mass is 9.95. The lowest BCUT2D eigenvalue weighted by Gasteiger charge is -2.49. The highest BCUT2D eigenvalue weighted by Crippen LogP contribution is 2.38. The lowest BCUT2D eigenvalue weighted by molar-refractivity contribution is -0.355. The summed E-state index contributed by atoms with van der Waals surface area (Å²) in [5.41, 5.74) is 0. The summed E-state index contributed by atoms with van der Waals surface area (Å²) in [5.74, 6) is -8.84. The van der Waals surface area contributed by atoms with Crippen LogP contribution in [0.25, 0.3) is 0 Å². The van der Waals surface area contributed by atoms with Crippen LogP contribution in [0.4, 0.5) is 0 Å². The number of carbonyl (C=O) groups excluding carboxylic acids is 12. The highest BCUT2D eigenvalue weighted by molar-refractivity contribution is 7.99. The molecule has 89 heavy (non-hydrogen) atoms. The summed E-state index contributed by atoms with van der Waals surface area (Å²) in [6.45, 7) is 12.1. The molecule has 0 unspecified atom stereocenters. The molecule has 4 aliphatic heterocycles. The van der Waals surface area contributed by atoms with E-state index in [0.717, 1.165) is 76.2 Å². The van der Waals surface area contributed by atoms with Gasteiger partial charge in [0.2, 0.25) is 5.91 Å². The Morgan fingerprint density at radius 1 is 0.326 bits per heavy atom. The monoisotopic (exact) mass is 1320 g/mol. The van der Waals surface area contributed by atoms with Gasteiger partial charge >= 0.3 is 65.7 Å². The molecule has 32 nitrogen and oxygen atoms in total. The largest absolute Gasteiger partial charge is 0.463 e. The number of hydrogen-bond acceptors (Lipinski definition) is 33. The molecule has 34 heteroatoms. The summed E-state index contributed by atoms with van der Waals surface area (Å²) in [5, 5.41) is 2.63. The van der Waals surface area contributed by atoms with Crippen molar-refractivity contribution in [1.82, 2.24) is 5.32 Å². The first-order valence-electron chi connectivity index (χ1n) is 28.2. The van der Waals surface area contributed by atoms with Crippen LogP contribution in [0, 0.1) is 0 Å². The van der Waals surface area contributed by atoms with E-state index in [1.165, 1.54) is 44.7 Å². The van der Waals surface area contributed by atoms with Crippen molar-refractivity contribution < 1.29 is 148 Å². The summed E-state index contributed by atoms with van der Waals surface area (Å²) in [6, 6.07) is -1.25.